The highest BCUT2D eigenvalue weighted by molar-refractivity contribution is 14.1. The summed E-state index contributed by atoms with van der Waals surface area (Å²) in [6.45, 7) is 0.815. The van der Waals surface area contributed by atoms with Gasteiger partial charge in [-0.15, -0.1) is 0 Å². The van der Waals surface area contributed by atoms with Crippen LogP contribution in [0, 0.1) is 0 Å². The zero-order valence-electron chi connectivity index (χ0n) is 5.62. The van der Waals surface area contributed by atoms with E-state index in [1.165, 1.54) is 0 Å². The summed E-state index contributed by atoms with van der Waals surface area (Å²) in [6.07, 6.45) is 2.03. The second-order valence-electron chi connectivity index (χ2n) is 2.41. The standard InChI is InChI=1S/C6H11IO3/c7-10-5-1-2-9-6(3-5)4-8/h5-6,8H,1-4H2. The van der Waals surface area contributed by atoms with Gasteiger partial charge in [0.15, 0.2) is 0 Å². The number of rotatable bonds is 2. The first-order valence-electron chi connectivity index (χ1n) is 3.36. The Morgan fingerprint density at radius 3 is 3.10 bits per heavy atom. The van der Waals surface area contributed by atoms with Gasteiger partial charge in [-0.25, -0.2) is 0 Å². The van der Waals surface area contributed by atoms with Gasteiger partial charge >= 0.3 is 0 Å². The van der Waals surface area contributed by atoms with Crippen molar-refractivity contribution in [1.82, 2.24) is 0 Å². The number of hydrogen-bond acceptors (Lipinski definition) is 3. The Balaban J connectivity index is 2.25. The molecule has 1 aliphatic rings. The maximum absolute atomic E-state index is 8.72. The summed E-state index contributed by atoms with van der Waals surface area (Å²) >= 11 is 1.90. The summed E-state index contributed by atoms with van der Waals surface area (Å²) in [4.78, 5) is 0. The van der Waals surface area contributed by atoms with Crippen LogP contribution in [0.5, 0.6) is 0 Å². The van der Waals surface area contributed by atoms with Crippen LogP contribution in [0.25, 0.3) is 0 Å². The summed E-state index contributed by atoms with van der Waals surface area (Å²) in [5, 5.41) is 8.72. The third-order valence-electron chi connectivity index (χ3n) is 1.65. The molecule has 0 radical (unpaired) electrons. The normalized spacial score (nSPS) is 34.2. The lowest BCUT2D eigenvalue weighted by atomic mass is 10.1. The molecule has 4 heteroatoms. The van der Waals surface area contributed by atoms with Crippen molar-refractivity contribution < 1.29 is 12.9 Å². The molecule has 3 nitrogen and oxygen atoms in total. The van der Waals surface area contributed by atoms with Gasteiger partial charge in [-0.1, -0.05) is 0 Å². The van der Waals surface area contributed by atoms with Crippen LogP contribution >= 0.6 is 23.0 Å². The SMILES string of the molecule is OCC1CC(OI)CCO1. The molecule has 2 atom stereocenters. The Kier molecular flexibility index (Phi) is 3.90. The zero-order chi connectivity index (χ0) is 7.40. The highest BCUT2D eigenvalue weighted by Gasteiger charge is 2.21. The third kappa shape index (κ3) is 2.34. The molecule has 1 fully saturated rings. The van der Waals surface area contributed by atoms with E-state index in [4.69, 9.17) is 12.9 Å². The quantitative estimate of drug-likeness (QED) is 0.748. The fourth-order valence-corrected chi connectivity index (χ4v) is 1.52. The van der Waals surface area contributed by atoms with Crippen molar-refractivity contribution in [2.75, 3.05) is 13.2 Å². The van der Waals surface area contributed by atoms with Crippen LogP contribution in [0.2, 0.25) is 0 Å². The Morgan fingerprint density at radius 1 is 1.70 bits per heavy atom. The lowest BCUT2D eigenvalue weighted by Crippen LogP contribution is -2.31. The highest BCUT2D eigenvalue weighted by Crippen LogP contribution is 2.18. The smallest absolute Gasteiger partial charge is 0.110 e. The molecule has 2 unspecified atom stereocenters. The Labute approximate surface area is 74.4 Å². The molecule has 1 saturated heterocycles. The van der Waals surface area contributed by atoms with Crippen LogP contribution in [-0.4, -0.2) is 30.5 Å². The molecule has 1 rings (SSSR count). The summed E-state index contributed by atoms with van der Waals surface area (Å²) in [5.41, 5.74) is 0. The van der Waals surface area contributed by atoms with E-state index >= 15 is 0 Å². The number of halogens is 1. The molecule has 1 heterocycles. The average molecular weight is 258 g/mol. The van der Waals surface area contributed by atoms with Crippen molar-refractivity contribution in [2.45, 2.75) is 25.0 Å². The van der Waals surface area contributed by atoms with E-state index in [1.54, 1.807) is 0 Å². The predicted octanol–water partition coefficient (Wildman–Crippen LogP) is 0.893. The van der Waals surface area contributed by atoms with Gasteiger partial charge in [-0.3, -0.25) is 0 Å². The van der Waals surface area contributed by atoms with E-state index in [1.807, 2.05) is 23.0 Å². The van der Waals surface area contributed by atoms with E-state index in [9.17, 15) is 0 Å². The lowest BCUT2D eigenvalue weighted by molar-refractivity contribution is -0.0490. The topological polar surface area (TPSA) is 38.7 Å². The van der Waals surface area contributed by atoms with Crippen molar-refractivity contribution >= 4 is 23.0 Å². The van der Waals surface area contributed by atoms with Crippen LogP contribution in [0.1, 0.15) is 12.8 Å². The maximum atomic E-state index is 8.72. The Morgan fingerprint density at radius 2 is 2.50 bits per heavy atom. The van der Waals surface area contributed by atoms with Gasteiger partial charge in [-0.2, -0.15) is 0 Å². The monoisotopic (exact) mass is 258 g/mol. The van der Waals surface area contributed by atoms with Gasteiger partial charge in [0, 0.05) is 13.0 Å². The first-order chi connectivity index (χ1) is 4.86. The van der Waals surface area contributed by atoms with Gasteiger partial charge in [0.2, 0.25) is 0 Å². The van der Waals surface area contributed by atoms with Crippen molar-refractivity contribution in [1.29, 1.82) is 0 Å². The van der Waals surface area contributed by atoms with Gasteiger partial charge in [0.05, 0.1) is 18.8 Å². The molecule has 0 saturated carbocycles. The van der Waals surface area contributed by atoms with Crippen molar-refractivity contribution in [3.8, 4) is 0 Å². The van der Waals surface area contributed by atoms with E-state index in [2.05, 4.69) is 0 Å². The van der Waals surface area contributed by atoms with E-state index < -0.39 is 0 Å². The summed E-state index contributed by atoms with van der Waals surface area (Å²) in [6, 6.07) is 0. The van der Waals surface area contributed by atoms with Gasteiger partial charge in [-0.05, 0) is 6.42 Å². The molecule has 60 valence electrons. The van der Waals surface area contributed by atoms with Gasteiger partial charge in [0.25, 0.3) is 0 Å². The minimum absolute atomic E-state index is 0.00600. The van der Waals surface area contributed by atoms with Crippen LogP contribution in [-0.2, 0) is 7.80 Å². The molecule has 1 N–H and O–H groups in total. The van der Waals surface area contributed by atoms with Crippen molar-refractivity contribution in [2.24, 2.45) is 0 Å². The van der Waals surface area contributed by atoms with Crippen molar-refractivity contribution in [3.05, 3.63) is 0 Å². The Bertz CT molecular complexity index is 89.0. The molecular formula is C6H11IO3. The zero-order valence-corrected chi connectivity index (χ0v) is 7.78. The summed E-state index contributed by atoms with van der Waals surface area (Å²) in [5.74, 6) is 0. The van der Waals surface area contributed by atoms with Gasteiger partial charge < -0.3 is 12.9 Å². The predicted molar refractivity (Wildman–Crippen MR) is 45.0 cm³/mol. The van der Waals surface area contributed by atoms with Gasteiger partial charge in [0.1, 0.15) is 23.0 Å². The largest absolute Gasteiger partial charge is 0.394 e. The minimum atomic E-state index is -0.00600. The van der Waals surface area contributed by atoms with Crippen LogP contribution in [0.15, 0.2) is 0 Å². The van der Waals surface area contributed by atoms with Crippen LogP contribution in [0.4, 0.5) is 0 Å². The molecule has 0 spiro atoms. The first kappa shape index (κ1) is 8.70. The molecule has 1 aliphatic heterocycles. The summed E-state index contributed by atoms with van der Waals surface area (Å²) < 4.78 is 10.3. The van der Waals surface area contributed by atoms with E-state index in [0.29, 0.717) is 6.61 Å². The molecule has 0 aromatic rings. The fourth-order valence-electron chi connectivity index (χ4n) is 1.05. The molecule has 0 bridgehead atoms. The fraction of sp³-hybridized carbons (Fsp3) is 1.00. The maximum Gasteiger partial charge on any atom is 0.110 e. The number of hydrogen-bond donors (Lipinski definition) is 1. The summed E-state index contributed by atoms with van der Waals surface area (Å²) in [7, 11) is 0. The number of ether oxygens (including phenoxy) is 1. The molecule has 0 aromatic carbocycles. The average Bonchev–Trinajstić information content (AvgIpc) is 2.05. The lowest BCUT2D eigenvalue weighted by Gasteiger charge is -2.26. The minimum Gasteiger partial charge on any atom is -0.394 e. The Hall–Kier alpha value is 0.610. The second-order valence-corrected chi connectivity index (χ2v) is 2.92. The number of aliphatic hydroxyl groups is 1. The molecule has 0 amide bonds. The molecule has 10 heavy (non-hydrogen) atoms. The highest BCUT2D eigenvalue weighted by atomic mass is 127. The van der Waals surface area contributed by atoms with Crippen LogP contribution < -0.4 is 0 Å². The second kappa shape index (κ2) is 4.48. The molecule has 0 aliphatic carbocycles. The molecular weight excluding hydrogens is 247 g/mol. The third-order valence-corrected chi connectivity index (χ3v) is 2.37. The van der Waals surface area contributed by atoms with Crippen molar-refractivity contribution in [3.63, 3.8) is 0 Å². The van der Waals surface area contributed by atoms with Crippen LogP contribution in [0.3, 0.4) is 0 Å². The first-order valence-corrected chi connectivity index (χ1v) is 4.24. The molecule has 0 aromatic heterocycles. The van der Waals surface area contributed by atoms with E-state index in [-0.39, 0.29) is 18.8 Å². The number of aliphatic hydroxyl groups excluding tert-OH is 1. The van der Waals surface area contributed by atoms with E-state index in [0.717, 1.165) is 12.8 Å².